The van der Waals surface area contributed by atoms with E-state index in [1.54, 1.807) is 38.3 Å². The van der Waals surface area contributed by atoms with Gasteiger partial charge in [0.1, 0.15) is 11.6 Å². The molecule has 0 aliphatic rings. The molecule has 2 rings (SSSR count). The molecule has 0 bridgehead atoms. The van der Waals surface area contributed by atoms with Crippen molar-refractivity contribution in [3.63, 3.8) is 0 Å². The Morgan fingerprint density at radius 1 is 1.17 bits per heavy atom. The van der Waals surface area contributed by atoms with Gasteiger partial charge in [-0.2, -0.15) is 0 Å². The predicted molar refractivity (Wildman–Crippen MR) is 92.2 cm³/mol. The van der Waals surface area contributed by atoms with E-state index < -0.39 is 10.0 Å². The highest BCUT2D eigenvalue weighted by Gasteiger charge is 2.20. The van der Waals surface area contributed by atoms with Gasteiger partial charge in [-0.1, -0.05) is 26.0 Å². The van der Waals surface area contributed by atoms with Crippen molar-refractivity contribution in [3.05, 3.63) is 58.9 Å². The molecule has 0 spiro atoms. The van der Waals surface area contributed by atoms with Crippen LogP contribution in [-0.4, -0.2) is 15.5 Å². The van der Waals surface area contributed by atoms with Crippen LogP contribution in [0.15, 0.2) is 41.3 Å². The maximum Gasteiger partial charge on any atom is 0.241 e. The Labute approximate surface area is 142 Å². The van der Waals surface area contributed by atoms with Gasteiger partial charge in [-0.05, 0) is 53.8 Å². The minimum Gasteiger partial charge on any atom is -0.496 e. The first-order chi connectivity index (χ1) is 11.2. The van der Waals surface area contributed by atoms with Crippen molar-refractivity contribution in [1.29, 1.82) is 0 Å². The average molecular weight is 351 g/mol. The molecule has 1 N–H and O–H groups in total. The van der Waals surface area contributed by atoms with Crippen LogP contribution in [0, 0.1) is 12.7 Å². The second-order valence-electron chi connectivity index (χ2n) is 5.97. The third-order valence-corrected chi connectivity index (χ3v) is 5.36. The van der Waals surface area contributed by atoms with Crippen molar-refractivity contribution in [2.24, 2.45) is 0 Å². The molecule has 24 heavy (non-hydrogen) atoms. The molecule has 0 aromatic heterocycles. The van der Waals surface area contributed by atoms with Gasteiger partial charge in [-0.3, -0.25) is 0 Å². The Hall–Kier alpha value is -1.92. The van der Waals surface area contributed by atoms with Crippen LogP contribution in [0.2, 0.25) is 0 Å². The molecular formula is C18H22FNO3S. The van der Waals surface area contributed by atoms with Crippen LogP contribution in [-0.2, 0) is 16.6 Å². The highest BCUT2D eigenvalue weighted by molar-refractivity contribution is 7.89. The van der Waals surface area contributed by atoms with Crippen LogP contribution in [0.25, 0.3) is 0 Å². The molecule has 6 heteroatoms. The zero-order chi connectivity index (χ0) is 17.9. The van der Waals surface area contributed by atoms with Crippen LogP contribution in [0.1, 0.15) is 36.5 Å². The summed E-state index contributed by atoms with van der Waals surface area (Å²) in [4.78, 5) is 0.231. The monoisotopic (exact) mass is 351 g/mol. The summed E-state index contributed by atoms with van der Waals surface area (Å²) in [5.41, 5.74) is 2.14. The van der Waals surface area contributed by atoms with E-state index in [0.717, 1.165) is 5.56 Å². The summed E-state index contributed by atoms with van der Waals surface area (Å²) in [6, 6.07) is 9.11. The molecule has 0 saturated carbocycles. The van der Waals surface area contributed by atoms with Crippen LogP contribution < -0.4 is 9.46 Å². The number of benzene rings is 2. The van der Waals surface area contributed by atoms with Gasteiger partial charge in [-0.25, -0.2) is 17.5 Å². The first-order valence-corrected chi connectivity index (χ1v) is 9.15. The molecule has 0 unspecified atom stereocenters. The lowest BCUT2D eigenvalue weighted by Crippen LogP contribution is -2.24. The number of ether oxygens (including phenoxy) is 1. The topological polar surface area (TPSA) is 55.4 Å². The third kappa shape index (κ3) is 4.13. The van der Waals surface area contributed by atoms with Crippen molar-refractivity contribution < 1.29 is 17.5 Å². The zero-order valence-corrected chi connectivity index (χ0v) is 15.1. The van der Waals surface area contributed by atoms with Gasteiger partial charge in [-0.15, -0.1) is 0 Å². The molecule has 0 fully saturated rings. The number of rotatable bonds is 6. The maximum atomic E-state index is 12.9. The number of hydrogen-bond donors (Lipinski definition) is 1. The normalized spacial score (nSPS) is 11.8. The minimum absolute atomic E-state index is 0.102. The quantitative estimate of drug-likeness (QED) is 0.862. The van der Waals surface area contributed by atoms with Crippen LogP contribution in [0.3, 0.4) is 0 Å². The summed E-state index contributed by atoms with van der Waals surface area (Å²) >= 11 is 0. The molecule has 0 saturated heterocycles. The van der Waals surface area contributed by atoms with E-state index in [9.17, 15) is 12.8 Å². The standard InChI is InChI=1S/C18H22FNO3S/c1-12(2)16-10-18(13(3)9-17(16)23-4)24(21,22)20-11-14-5-7-15(19)8-6-14/h5-10,12,20H,11H2,1-4H3. The van der Waals surface area contributed by atoms with Crippen molar-refractivity contribution in [2.75, 3.05) is 7.11 Å². The lowest BCUT2D eigenvalue weighted by Gasteiger charge is -2.16. The van der Waals surface area contributed by atoms with Gasteiger partial charge in [0.05, 0.1) is 12.0 Å². The second-order valence-corrected chi connectivity index (χ2v) is 7.70. The largest absolute Gasteiger partial charge is 0.496 e. The van der Waals surface area contributed by atoms with E-state index in [-0.39, 0.29) is 23.2 Å². The van der Waals surface area contributed by atoms with Crippen molar-refractivity contribution in [1.82, 2.24) is 4.72 Å². The summed E-state index contributed by atoms with van der Waals surface area (Å²) in [7, 11) is -2.11. The van der Waals surface area contributed by atoms with Crippen LogP contribution in [0.5, 0.6) is 5.75 Å². The molecule has 0 heterocycles. The summed E-state index contributed by atoms with van der Waals surface area (Å²) in [5.74, 6) is 0.459. The molecule has 0 aliphatic carbocycles. The molecular weight excluding hydrogens is 329 g/mol. The van der Waals surface area contributed by atoms with Gasteiger partial charge in [0.15, 0.2) is 0 Å². The Kier molecular flexibility index (Phi) is 5.62. The second kappa shape index (κ2) is 7.32. The Bertz CT molecular complexity index is 815. The van der Waals surface area contributed by atoms with Gasteiger partial charge in [0, 0.05) is 6.54 Å². The number of halogens is 1. The molecule has 2 aromatic carbocycles. The third-order valence-electron chi connectivity index (χ3n) is 3.82. The van der Waals surface area contributed by atoms with Gasteiger partial charge < -0.3 is 4.74 Å². The zero-order valence-electron chi connectivity index (χ0n) is 14.3. The number of nitrogens with one attached hydrogen (secondary N) is 1. The molecule has 130 valence electrons. The highest BCUT2D eigenvalue weighted by atomic mass is 32.2. The Morgan fingerprint density at radius 2 is 1.79 bits per heavy atom. The number of hydrogen-bond acceptors (Lipinski definition) is 3. The highest BCUT2D eigenvalue weighted by Crippen LogP contribution is 2.31. The van der Waals surface area contributed by atoms with Gasteiger partial charge in [0.25, 0.3) is 0 Å². The summed E-state index contributed by atoms with van der Waals surface area (Å²) in [6.45, 7) is 5.80. The van der Waals surface area contributed by atoms with Crippen molar-refractivity contribution in [2.45, 2.75) is 38.1 Å². The number of methoxy groups -OCH3 is 1. The lowest BCUT2D eigenvalue weighted by molar-refractivity contribution is 0.406. The summed E-state index contributed by atoms with van der Waals surface area (Å²) in [6.07, 6.45) is 0. The average Bonchev–Trinajstić information content (AvgIpc) is 2.53. The molecule has 0 amide bonds. The smallest absolute Gasteiger partial charge is 0.241 e. The van der Waals surface area contributed by atoms with E-state index in [1.807, 2.05) is 13.8 Å². The number of sulfonamides is 1. The SMILES string of the molecule is COc1cc(C)c(S(=O)(=O)NCc2ccc(F)cc2)cc1C(C)C. The lowest BCUT2D eigenvalue weighted by atomic mass is 10.0. The Morgan fingerprint density at radius 3 is 2.33 bits per heavy atom. The first kappa shape index (κ1) is 18.4. The van der Waals surface area contributed by atoms with Crippen molar-refractivity contribution >= 4 is 10.0 Å². The summed E-state index contributed by atoms with van der Waals surface area (Å²) in [5, 5.41) is 0. The number of aryl methyl sites for hydroxylation is 1. The van der Waals surface area contributed by atoms with Crippen molar-refractivity contribution in [3.8, 4) is 5.75 Å². The first-order valence-electron chi connectivity index (χ1n) is 7.67. The van der Waals surface area contributed by atoms with E-state index in [0.29, 0.717) is 16.9 Å². The Balaban J connectivity index is 2.31. The van der Waals surface area contributed by atoms with E-state index in [2.05, 4.69) is 4.72 Å². The van der Waals surface area contributed by atoms with E-state index >= 15 is 0 Å². The fourth-order valence-electron chi connectivity index (χ4n) is 2.45. The molecule has 2 aromatic rings. The maximum absolute atomic E-state index is 12.9. The summed E-state index contributed by atoms with van der Waals surface area (Å²) < 4.78 is 46.1. The predicted octanol–water partition coefficient (Wildman–Crippen LogP) is 3.74. The molecule has 0 radical (unpaired) electrons. The van der Waals surface area contributed by atoms with Gasteiger partial charge in [0.2, 0.25) is 10.0 Å². The molecule has 0 aliphatic heterocycles. The van der Waals surface area contributed by atoms with Crippen LogP contribution in [0.4, 0.5) is 4.39 Å². The minimum atomic E-state index is -3.68. The van der Waals surface area contributed by atoms with Crippen LogP contribution >= 0.6 is 0 Å². The fourth-order valence-corrected chi connectivity index (χ4v) is 3.73. The molecule has 4 nitrogen and oxygen atoms in total. The van der Waals surface area contributed by atoms with E-state index in [4.69, 9.17) is 4.74 Å². The molecule has 0 atom stereocenters. The fraction of sp³-hybridized carbons (Fsp3) is 0.333. The van der Waals surface area contributed by atoms with E-state index in [1.165, 1.54) is 12.1 Å². The van der Waals surface area contributed by atoms with Gasteiger partial charge >= 0.3 is 0 Å².